The second-order valence-corrected chi connectivity index (χ2v) is 5.58. The van der Waals surface area contributed by atoms with E-state index in [9.17, 15) is 4.79 Å². The first-order valence-electron chi connectivity index (χ1n) is 5.81. The van der Waals surface area contributed by atoms with Gasteiger partial charge in [-0.05, 0) is 37.1 Å². The molecule has 1 aromatic rings. The maximum atomic E-state index is 11.3. The van der Waals surface area contributed by atoms with Crippen LogP contribution in [0.4, 0.5) is 0 Å². The summed E-state index contributed by atoms with van der Waals surface area (Å²) in [5.41, 5.74) is 6.62. The number of methoxy groups -OCH3 is 1. The maximum absolute atomic E-state index is 11.3. The average molecular weight is 251 g/mol. The molecule has 0 aliphatic heterocycles. The van der Waals surface area contributed by atoms with Crippen molar-refractivity contribution in [3.8, 4) is 0 Å². The molecular formula is C13H17NO2S. The predicted octanol–water partition coefficient (Wildman–Crippen LogP) is 2.45. The molecule has 3 nitrogen and oxygen atoms in total. The molecule has 0 bridgehead atoms. The summed E-state index contributed by atoms with van der Waals surface area (Å²) in [7, 11) is 1.39. The van der Waals surface area contributed by atoms with Crippen LogP contribution in [-0.4, -0.2) is 24.4 Å². The molecule has 1 aliphatic rings. The van der Waals surface area contributed by atoms with Gasteiger partial charge in [0.15, 0.2) is 0 Å². The molecule has 2 rings (SSSR count). The maximum Gasteiger partial charge on any atom is 0.337 e. The van der Waals surface area contributed by atoms with Crippen LogP contribution in [0, 0.1) is 0 Å². The Bertz CT molecular complexity index is 391. The summed E-state index contributed by atoms with van der Waals surface area (Å²) in [6.45, 7) is 0. The molecule has 2 unspecified atom stereocenters. The van der Waals surface area contributed by atoms with E-state index in [0.29, 0.717) is 16.9 Å². The van der Waals surface area contributed by atoms with E-state index >= 15 is 0 Å². The normalized spacial score (nSPS) is 23.6. The Morgan fingerprint density at radius 1 is 1.35 bits per heavy atom. The second-order valence-electron chi connectivity index (χ2n) is 4.27. The number of esters is 1. The van der Waals surface area contributed by atoms with Gasteiger partial charge >= 0.3 is 5.97 Å². The number of thioether (sulfide) groups is 1. The van der Waals surface area contributed by atoms with Gasteiger partial charge in [-0.2, -0.15) is 0 Å². The van der Waals surface area contributed by atoms with Crippen LogP contribution in [0.3, 0.4) is 0 Å². The molecular weight excluding hydrogens is 234 g/mol. The molecule has 17 heavy (non-hydrogen) atoms. The van der Waals surface area contributed by atoms with E-state index in [4.69, 9.17) is 5.73 Å². The van der Waals surface area contributed by atoms with Crippen LogP contribution in [0.25, 0.3) is 0 Å². The van der Waals surface area contributed by atoms with Crippen LogP contribution in [0.2, 0.25) is 0 Å². The van der Waals surface area contributed by atoms with Gasteiger partial charge in [-0.3, -0.25) is 0 Å². The van der Waals surface area contributed by atoms with Crippen molar-refractivity contribution < 1.29 is 9.53 Å². The van der Waals surface area contributed by atoms with Crippen LogP contribution in [-0.2, 0) is 4.74 Å². The van der Waals surface area contributed by atoms with Crippen molar-refractivity contribution >= 4 is 17.7 Å². The van der Waals surface area contributed by atoms with Crippen molar-refractivity contribution in [1.82, 2.24) is 0 Å². The quantitative estimate of drug-likeness (QED) is 0.838. The molecule has 0 spiro atoms. The first-order valence-corrected chi connectivity index (χ1v) is 6.69. The Balaban J connectivity index is 2.00. The van der Waals surface area contributed by atoms with E-state index in [1.807, 2.05) is 23.9 Å². The van der Waals surface area contributed by atoms with Crippen molar-refractivity contribution in [2.24, 2.45) is 5.73 Å². The molecule has 0 aromatic heterocycles. The van der Waals surface area contributed by atoms with E-state index in [1.54, 1.807) is 12.1 Å². The number of ether oxygens (including phenoxy) is 1. The first-order chi connectivity index (χ1) is 8.20. The van der Waals surface area contributed by atoms with E-state index in [2.05, 4.69) is 4.74 Å². The van der Waals surface area contributed by atoms with Gasteiger partial charge < -0.3 is 10.5 Å². The standard InChI is InChI=1S/C13H17NO2S/c1-16-13(15)9-5-7-10(8-6-9)17-12-4-2-3-11(12)14/h5-8,11-12H,2-4,14H2,1H3. The number of hydrogen-bond acceptors (Lipinski definition) is 4. The van der Waals surface area contributed by atoms with Crippen molar-refractivity contribution in [1.29, 1.82) is 0 Å². The third kappa shape index (κ3) is 3.01. The van der Waals surface area contributed by atoms with Gasteiger partial charge in [0.05, 0.1) is 12.7 Å². The molecule has 2 N–H and O–H groups in total. The van der Waals surface area contributed by atoms with E-state index in [1.165, 1.54) is 24.8 Å². The topological polar surface area (TPSA) is 52.3 Å². The van der Waals surface area contributed by atoms with Crippen LogP contribution in [0.1, 0.15) is 29.6 Å². The second kappa shape index (κ2) is 5.56. The third-order valence-electron chi connectivity index (χ3n) is 3.07. The molecule has 1 saturated carbocycles. The Morgan fingerprint density at radius 3 is 2.59 bits per heavy atom. The van der Waals surface area contributed by atoms with E-state index in [0.717, 1.165) is 6.42 Å². The Labute approximate surface area is 106 Å². The highest BCUT2D eigenvalue weighted by Crippen LogP contribution is 2.34. The summed E-state index contributed by atoms with van der Waals surface area (Å²) in [6.07, 6.45) is 3.53. The van der Waals surface area contributed by atoms with Crippen LogP contribution in [0.15, 0.2) is 29.2 Å². The number of hydrogen-bond donors (Lipinski definition) is 1. The minimum atomic E-state index is -0.292. The lowest BCUT2D eigenvalue weighted by Gasteiger charge is -2.14. The minimum Gasteiger partial charge on any atom is -0.465 e. The minimum absolute atomic E-state index is 0.292. The first kappa shape index (κ1) is 12.5. The van der Waals surface area contributed by atoms with Gasteiger partial charge in [0.1, 0.15) is 0 Å². The fourth-order valence-electron chi connectivity index (χ4n) is 2.06. The SMILES string of the molecule is COC(=O)c1ccc(SC2CCCC2N)cc1. The van der Waals surface area contributed by atoms with Crippen LogP contribution in [0.5, 0.6) is 0 Å². The summed E-state index contributed by atoms with van der Waals surface area (Å²) < 4.78 is 4.66. The monoisotopic (exact) mass is 251 g/mol. The molecule has 0 radical (unpaired) electrons. The number of nitrogens with two attached hydrogens (primary N) is 1. The number of rotatable bonds is 3. The van der Waals surface area contributed by atoms with E-state index < -0.39 is 0 Å². The summed E-state index contributed by atoms with van der Waals surface area (Å²) in [4.78, 5) is 12.4. The summed E-state index contributed by atoms with van der Waals surface area (Å²) in [6, 6.07) is 7.83. The lowest BCUT2D eigenvalue weighted by molar-refractivity contribution is 0.0600. The van der Waals surface area contributed by atoms with Gasteiger partial charge in [0, 0.05) is 16.2 Å². The van der Waals surface area contributed by atoms with E-state index in [-0.39, 0.29) is 5.97 Å². The van der Waals surface area contributed by atoms with Crippen molar-refractivity contribution in [3.05, 3.63) is 29.8 Å². The van der Waals surface area contributed by atoms with Crippen LogP contribution >= 0.6 is 11.8 Å². The molecule has 1 aliphatic carbocycles. The molecule has 92 valence electrons. The highest BCUT2D eigenvalue weighted by molar-refractivity contribution is 8.00. The van der Waals surface area contributed by atoms with Gasteiger partial charge in [-0.1, -0.05) is 6.42 Å². The molecule has 1 fully saturated rings. The van der Waals surface area contributed by atoms with Gasteiger partial charge in [-0.25, -0.2) is 4.79 Å². The zero-order valence-electron chi connectivity index (χ0n) is 9.89. The summed E-state index contributed by atoms with van der Waals surface area (Å²) in [5.74, 6) is -0.292. The number of carbonyl (C=O) groups is 1. The Morgan fingerprint density at radius 2 is 2.06 bits per heavy atom. The van der Waals surface area contributed by atoms with Crippen molar-refractivity contribution in [2.75, 3.05) is 7.11 Å². The fourth-order valence-corrected chi connectivity index (χ4v) is 3.30. The summed E-state index contributed by atoms with van der Waals surface area (Å²) in [5, 5.41) is 0.513. The zero-order valence-corrected chi connectivity index (χ0v) is 10.7. The smallest absolute Gasteiger partial charge is 0.337 e. The van der Waals surface area contributed by atoms with Gasteiger partial charge in [-0.15, -0.1) is 11.8 Å². The van der Waals surface area contributed by atoms with Crippen molar-refractivity contribution in [2.45, 2.75) is 35.4 Å². The number of benzene rings is 1. The van der Waals surface area contributed by atoms with Gasteiger partial charge in [0.2, 0.25) is 0 Å². The fraction of sp³-hybridized carbons (Fsp3) is 0.462. The molecule has 0 saturated heterocycles. The molecule has 1 aromatic carbocycles. The zero-order chi connectivity index (χ0) is 12.3. The van der Waals surface area contributed by atoms with Crippen molar-refractivity contribution in [3.63, 3.8) is 0 Å². The predicted molar refractivity (Wildman–Crippen MR) is 69.3 cm³/mol. The summed E-state index contributed by atoms with van der Waals surface area (Å²) >= 11 is 1.81. The number of carbonyl (C=O) groups excluding carboxylic acids is 1. The molecule has 0 amide bonds. The third-order valence-corrected chi connectivity index (χ3v) is 4.50. The lowest BCUT2D eigenvalue weighted by Crippen LogP contribution is -2.26. The molecule has 2 atom stereocenters. The Hall–Kier alpha value is -1.00. The lowest BCUT2D eigenvalue weighted by atomic mass is 10.2. The largest absolute Gasteiger partial charge is 0.465 e. The average Bonchev–Trinajstić information content (AvgIpc) is 2.75. The molecule has 0 heterocycles. The highest BCUT2D eigenvalue weighted by atomic mass is 32.2. The Kier molecular flexibility index (Phi) is 4.07. The van der Waals surface area contributed by atoms with Gasteiger partial charge in [0.25, 0.3) is 0 Å². The van der Waals surface area contributed by atoms with Crippen LogP contribution < -0.4 is 5.73 Å². The highest BCUT2D eigenvalue weighted by Gasteiger charge is 2.24. The molecule has 4 heteroatoms.